The first-order valence-electron chi connectivity index (χ1n) is 8.82. The van der Waals surface area contributed by atoms with E-state index in [4.69, 9.17) is 9.15 Å². The molecule has 0 unspecified atom stereocenters. The minimum absolute atomic E-state index is 0. The molecular formula is C20H29FIN3O2. The van der Waals surface area contributed by atoms with E-state index in [-0.39, 0.29) is 35.2 Å². The fraction of sp³-hybridized carbons (Fsp3) is 0.450. The predicted octanol–water partition coefficient (Wildman–Crippen LogP) is 4.09. The molecule has 0 aliphatic heterocycles. The second-order valence-corrected chi connectivity index (χ2v) is 6.70. The van der Waals surface area contributed by atoms with Gasteiger partial charge in [0.2, 0.25) is 0 Å². The topological polar surface area (TPSA) is 58.8 Å². The summed E-state index contributed by atoms with van der Waals surface area (Å²) < 4.78 is 24.8. The van der Waals surface area contributed by atoms with E-state index in [2.05, 4.69) is 15.6 Å². The quantitative estimate of drug-likeness (QED) is 0.241. The van der Waals surface area contributed by atoms with Crippen LogP contribution in [0.3, 0.4) is 0 Å². The average molecular weight is 489 g/mol. The third-order valence-corrected chi connectivity index (χ3v) is 4.11. The molecule has 0 amide bonds. The fourth-order valence-electron chi connectivity index (χ4n) is 2.58. The number of nitrogens with zero attached hydrogens (tertiary/aromatic N) is 1. The van der Waals surface area contributed by atoms with Crippen LogP contribution in [0.2, 0.25) is 0 Å². The molecule has 2 rings (SSSR count). The monoisotopic (exact) mass is 489 g/mol. The first-order valence-corrected chi connectivity index (χ1v) is 8.82. The molecule has 2 aromatic rings. The molecule has 5 nitrogen and oxygen atoms in total. The lowest BCUT2D eigenvalue weighted by atomic mass is 9.84. The molecule has 0 spiro atoms. The van der Waals surface area contributed by atoms with Crippen molar-refractivity contribution in [3.8, 4) is 0 Å². The summed E-state index contributed by atoms with van der Waals surface area (Å²) in [5, 5.41) is 6.51. The minimum atomic E-state index is -0.352. The Morgan fingerprint density at radius 1 is 1.19 bits per heavy atom. The number of ether oxygens (including phenoxy) is 1. The highest BCUT2D eigenvalue weighted by Gasteiger charge is 2.24. The van der Waals surface area contributed by atoms with Gasteiger partial charge in [0.25, 0.3) is 0 Å². The van der Waals surface area contributed by atoms with Gasteiger partial charge in [0.05, 0.1) is 6.26 Å². The molecule has 0 bridgehead atoms. The van der Waals surface area contributed by atoms with Crippen LogP contribution in [0.4, 0.5) is 4.39 Å². The van der Waals surface area contributed by atoms with Crippen molar-refractivity contribution in [2.45, 2.75) is 32.3 Å². The van der Waals surface area contributed by atoms with Crippen LogP contribution in [-0.2, 0) is 16.8 Å². The number of furan rings is 1. The maximum atomic E-state index is 14.0. The van der Waals surface area contributed by atoms with E-state index < -0.39 is 0 Å². The molecule has 0 saturated carbocycles. The predicted molar refractivity (Wildman–Crippen MR) is 117 cm³/mol. The summed E-state index contributed by atoms with van der Waals surface area (Å²) in [4.78, 5) is 4.21. The van der Waals surface area contributed by atoms with Gasteiger partial charge in [0.15, 0.2) is 5.96 Å². The maximum Gasteiger partial charge on any atom is 0.191 e. The highest BCUT2D eigenvalue weighted by Crippen LogP contribution is 2.24. The number of guanidine groups is 1. The second-order valence-electron chi connectivity index (χ2n) is 6.70. The lowest BCUT2D eigenvalue weighted by molar-refractivity contribution is 0.105. The molecule has 0 fully saturated rings. The van der Waals surface area contributed by atoms with Crippen LogP contribution in [0.5, 0.6) is 0 Å². The van der Waals surface area contributed by atoms with E-state index in [1.165, 1.54) is 6.07 Å². The van der Waals surface area contributed by atoms with Crippen LogP contribution < -0.4 is 10.6 Å². The van der Waals surface area contributed by atoms with Crippen molar-refractivity contribution in [2.75, 3.05) is 26.7 Å². The Hall–Kier alpha value is -1.61. The Morgan fingerprint density at radius 2 is 1.96 bits per heavy atom. The highest BCUT2D eigenvalue weighted by molar-refractivity contribution is 14.0. The third-order valence-electron chi connectivity index (χ3n) is 4.11. The van der Waals surface area contributed by atoms with E-state index >= 15 is 0 Å². The van der Waals surface area contributed by atoms with Crippen LogP contribution >= 0.6 is 24.0 Å². The number of rotatable bonds is 9. The molecule has 0 atom stereocenters. The van der Waals surface area contributed by atoms with Gasteiger partial charge in [-0.3, -0.25) is 4.99 Å². The average Bonchev–Trinajstić information content (AvgIpc) is 3.14. The standard InChI is InChI=1S/C20H28FN3O2.HI/c1-20(2,17-9-4-5-10-18(17)21)15-24-19(22-3)23-11-7-12-25-14-16-8-6-13-26-16;/h4-6,8-10,13H,7,11-12,14-15H2,1-3H3,(H2,22,23,24);1H. The van der Waals surface area contributed by atoms with Gasteiger partial charge in [-0.15, -0.1) is 24.0 Å². The molecule has 7 heteroatoms. The fourth-order valence-corrected chi connectivity index (χ4v) is 2.58. The maximum absolute atomic E-state index is 14.0. The normalized spacial score (nSPS) is 11.8. The lowest BCUT2D eigenvalue weighted by Crippen LogP contribution is -2.44. The van der Waals surface area contributed by atoms with Crippen molar-refractivity contribution < 1.29 is 13.5 Å². The zero-order valence-electron chi connectivity index (χ0n) is 16.1. The molecule has 1 aromatic carbocycles. The van der Waals surface area contributed by atoms with Crippen molar-refractivity contribution in [3.05, 3.63) is 59.8 Å². The van der Waals surface area contributed by atoms with Crippen LogP contribution in [0, 0.1) is 5.82 Å². The van der Waals surface area contributed by atoms with Gasteiger partial charge in [0.1, 0.15) is 18.2 Å². The molecular weight excluding hydrogens is 460 g/mol. The van der Waals surface area contributed by atoms with Gasteiger partial charge in [-0.25, -0.2) is 4.39 Å². The number of aliphatic imine (C=N–C) groups is 1. The van der Waals surface area contributed by atoms with Gasteiger partial charge in [0, 0.05) is 32.2 Å². The number of hydrogen-bond donors (Lipinski definition) is 2. The van der Waals surface area contributed by atoms with E-state index in [0.29, 0.717) is 31.3 Å². The van der Waals surface area contributed by atoms with Crippen molar-refractivity contribution in [3.63, 3.8) is 0 Å². The first kappa shape index (κ1) is 23.4. The first-order chi connectivity index (χ1) is 12.5. The van der Waals surface area contributed by atoms with Crippen LogP contribution in [-0.4, -0.2) is 32.7 Å². The Kier molecular flexibility index (Phi) is 10.4. The molecule has 1 aromatic heterocycles. The van der Waals surface area contributed by atoms with Crippen molar-refractivity contribution >= 4 is 29.9 Å². The minimum Gasteiger partial charge on any atom is -0.467 e. The third kappa shape index (κ3) is 7.88. The summed E-state index contributed by atoms with van der Waals surface area (Å²) in [7, 11) is 1.72. The zero-order chi connectivity index (χ0) is 18.8. The number of benzene rings is 1. The summed E-state index contributed by atoms with van der Waals surface area (Å²) in [6.45, 7) is 6.44. The molecule has 0 aliphatic carbocycles. The molecule has 150 valence electrons. The van der Waals surface area contributed by atoms with Gasteiger partial charge < -0.3 is 19.8 Å². The van der Waals surface area contributed by atoms with Crippen LogP contribution in [0.25, 0.3) is 0 Å². The molecule has 0 aliphatic rings. The van der Waals surface area contributed by atoms with Crippen molar-refractivity contribution in [2.24, 2.45) is 4.99 Å². The largest absolute Gasteiger partial charge is 0.467 e. The number of hydrogen-bond acceptors (Lipinski definition) is 3. The van der Waals surface area contributed by atoms with Crippen molar-refractivity contribution in [1.82, 2.24) is 10.6 Å². The number of halogens is 2. The van der Waals surface area contributed by atoms with Crippen molar-refractivity contribution in [1.29, 1.82) is 0 Å². The van der Waals surface area contributed by atoms with E-state index in [1.807, 2.05) is 38.1 Å². The van der Waals surface area contributed by atoms with E-state index in [9.17, 15) is 4.39 Å². The SMILES string of the molecule is CN=C(NCCCOCc1ccco1)NCC(C)(C)c1ccccc1F.I. The summed E-state index contributed by atoms with van der Waals surface area (Å²) in [5.74, 6) is 1.34. The van der Waals surface area contributed by atoms with Gasteiger partial charge in [-0.05, 0) is 30.2 Å². The Labute approximate surface area is 177 Å². The summed E-state index contributed by atoms with van der Waals surface area (Å²) in [6.07, 6.45) is 2.48. The summed E-state index contributed by atoms with van der Waals surface area (Å²) >= 11 is 0. The Morgan fingerprint density at radius 3 is 2.63 bits per heavy atom. The molecule has 27 heavy (non-hydrogen) atoms. The number of nitrogens with one attached hydrogen (secondary N) is 2. The van der Waals surface area contributed by atoms with E-state index in [0.717, 1.165) is 18.7 Å². The van der Waals surface area contributed by atoms with Gasteiger partial charge >= 0.3 is 0 Å². The van der Waals surface area contributed by atoms with Crippen LogP contribution in [0.1, 0.15) is 31.6 Å². The van der Waals surface area contributed by atoms with Gasteiger partial charge in [-0.2, -0.15) is 0 Å². The summed E-state index contributed by atoms with van der Waals surface area (Å²) in [6, 6.07) is 10.6. The molecule has 2 N–H and O–H groups in total. The van der Waals surface area contributed by atoms with Gasteiger partial charge in [-0.1, -0.05) is 32.0 Å². The molecule has 1 heterocycles. The Balaban J connectivity index is 0.00000364. The summed E-state index contributed by atoms with van der Waals surface area (Å²) in [5.41, 5.74) is 0.337. The molecule has 0 radical (unpaired) electrons. The second kappa shape index (κ2) is 12.0. The molecule has 0 saturated heterocycles. The smallest absolute Gasteiger partial charge is 0.191 e. The Bertz CT molecular complexity index is 690. The lowest BCUT2D eigenvalue weighted by Gasteiger charge is -2.27. The van der Waals surface area contributed by atoms with E-state index in [1.54, 1.807) is 19.4 Å². The van der Waals surface area contributed by atoms with Crippen LogP contribution in [0.15, 0.2) is 52.1 Å². The zero-order valence-corrected chi connectivity index (χ0v) is 18.5. The highest BCUT2D eigenvalue weighted by atomic mass is 127.